The SMILES string of the molecule is CC[C@H](C)Oc1ccc(/C=C2\NC(=O)NC2=O)cc1Cl. The molecule has 1 fully saturated rings. The maximum absolute atomic E-state index is 11.4. The monoisotopic (exact) mass is 294 g/mol. The Kier molecular flexibility index (Phi) is 4.29. The first kappa shape index (κ1) is 14.4. The highest BCUT2D eigenvalue weighted by Gasteiger charge is 2.22. The average molecular weight is 295 g/mol. The second-order valence-corrected chi connectivity index (χ2v) is 4.90. The molecule has 6 heteroatoms. The summed E-state index contributed by atoms with van der Waals surface area (Å²) in [6.07, 6.45) is 2.52. The van der Waals surface area contributed by atoms with Crippen molar-refractivity contribution in [2.45, 2.75) is 26.4 Å². The van der Waals surface area contributed by atoms with Crippen molar-refractivity contribution in [3.63, 3.8) is 0 Å². The van der Waals surface area contributed by atoms with Crippen molar-refractivity contribution in [2.75, 3.05) is 0 Å². The van der Waals surface area contributed by atoms with Crippen molar-refractivity contribution in [1.29, 1.82) is 0 Å². The largest absolute Gasteiger partial charge is 0.489 e. The Balaban J connectivity index is 2.19. The van der Waals surface area contributed by atoms with Gasteiger partial charge in [0.2, 0.25) is 0 Å². The first-order chi connectivity index (χ1) is 9.49. The van der Waals surface area contributed by atoms with Crippen LogP contribution >= 0.6 is 11.6 Å². The number of urea groups is 1. The van der Waals surface area contributed by atoms with Crippen LogP contribution in [0.15, 0.2) is 23.9 Å². The molecule has 0 saturated carbocycles. The Bertz CT molecular complexity index is 584. The third-order valence-corrected chi connectivity index (χ3v) is 3.19. The molecule has 2 N–H and O–H groups in total. The van der Waals surface area contributed by atoms with E-state index in [0.717, 1.165) is 6.42 Å². The number of benzene rings is 1. The Morgan fingerprint density at radius 2 is 2.10 bits per heavy atom. The van der Waals surface area contributed by atoms with Gasteiger partial charge >= 0.3 is 6.03 Å². The van der Waals surface area contributed by atoms with E-state index in [0.29, 0.717) is 16.3 Å². The summed E-state index contributed by atoms with van der Waals surface area (Å²) in [7, 11) is 0. The predicted molar refractivity (Wildman–Crippen MR) is 76.5 cm³/mol. The molecule has 0 radical (unpaired) electrons. The zero-order chi connectivity index (χ0) is 14.7. The lowest BCUT2D eigenvalue weighted by Gasteiger charge is -2.14. The molecule has 1 atom stereocenters. The van der Waals surface area contributed by atoms with Crippen molar-refractivity contribution in [3.05, 3.63) is 34.5 Å². The molecule has 0 bridgehead atoms. The molecule has 3 amide bonds. The van der Waals surface area contributed by atoms with E-state index < -0.39 is 11.9 Å². The minimum atomic E-state index is -0.524. The van der Waals surface area contributed by atoms with Crippen LogP contribution in [0.2, 0.25) is 5.02 Å². The van der Waals surface area contributed by atoms with Gasteiger partial charge in [0.1, 0.15) is 11.4 Å². The van der Waals surface area contributed by atoms with Gasteiger partial charge in [-0.3, -0.25) is 10.1 Å². The highest BCUT2D eigenvalue weighted by Crippen LogP contribution is 2.27. The molecule has 0 aliphatic carbocycles. The van der Waals surface area contributed by atoms with Crippen LogP contribution in [0.3, 0.4) is 0 Å². The number of carbonyl (C=O) groups is 2. The van der Waals surface area contributed by atoms with Crippen LogP contribution in [0.1, 0.15) is 25.8 Å². The molecule has 2 rings (SSSR count). The summed E-state index contributed by atoms with van der Waals surface area (Å²) in [5, 5.41) is 5.01. The van der Waals surface area contributed by atoms with E-state index in [2.05, 4.69) is 10.6 Å². The molecular weight excluding hydrogens is 280 g/mol. The smallest absolute Gasteiger partial charge is 0.326 e. The Morgan fingerprint density at radius 3 is 2.65 bits per heavy atom. The summed E-state index contributed by atoms with van der Waals surface area (Å²) in [6.45, 7) is 3.99. The normalized spacial score (nSPS) is 17.9. The standard InChI is InChI=1S/C14H15ClN2O3/c1-3-8(2)20-12-5-4-9(6-10(12)15)7-11-13(18)17-14(19)16-11/h4-8H,3H2,1-2H3,(H2,16,17,18,19)/b11-7-/t8-/m0/s1. The van der Waals surface area contributed by atoms with Gasteiger partial charge < -0.3 is 10.1 Å². The summed E-state index contributed by atoms with van der Waals surface area (Å²) in [5.41, 5.74) is 0.903. The summed E-state index contributed by atoms with van der Waals surface area (Å²) < 4.78 is 5.66. The van der Waals surface area contributed by atoms with Crippen LogP contribution in [0.5, 0.6) is 5.75 Å². The highest BCUT2D eigenvalue weighted by molar-refractivity contribution is 6.32. The molecule has 0 spiro atoms. The van der Waals surface area contributed by atoms with Gasteiger partial charge in [-0.05, 0) is 37.1 Å². The fourth-order valence-corrected chi connectivity index (χ4v) is 1.89. The third kappa shape index (κ3) is 3.30. The second-order valence-electron chi connectivity index (χ2n) is 4.49. The van der Waals surface area contributed by atoms with Crippen molar-refractivity contribution >= 4 is 29.6 Å². The lowest BCUT2D eigenvalue weighted by Crippen LogP contribution is -2.22. The number of imide groups is 1. The van der Waals surface area contributed by atoms with E-state index in [1.54, 1.807) is 24.3 Å². The summed E-state index contributed by atoms with van der Waals surface area (Å²) >= 11 is 6.14. The molecule has 20 heavy (non-hydrogen) atoms. The van der Waals surface area contributed by atoms with E-state index >= 15 is 0 Å². The van der Waals surface area contributed by atoms with Gasteiger partial charge in [0.05, 0.1) is 11.1 Å². The van der Waals surface area contributed by atoms with Crippen molar-refractivity contribution < 1.29 is 14.3 Å². The van der Waals surface area contributed by atoms with Crippen LogP contribution in [-0.2, 0) is 4.79 Å². The predicted octanol–water partition coefficient (Wildman–Crippen LogP) is 2.70. The number of hydrogen-bond acceptors (Lipinski definition) is 3. The van der Waals surface area contributed by atoms with Gasteiger partial charge in [-0.1, -0.05) is 24.6 Å². The van der Waals surface area contributed by atoms with Crippen molar-refractivity contribution in [2.24, 2.45) is 0 Å². The molecule has 1 aromatic carbocycles. The fraction of sp³-hybridized carbons (Fsp3) is 0.286. The molecule has 1 aliphatic heterocycles. The molecule has 1 heterocycles. The molecule has 106 valence electrons. The molecule has 5 nitrogen and oxygen atoms in total. The molecule has 0 aromatic heterocycles. The quantitative estimate of drug-likeness (QED) is 0.663. The van der Waals surface area contributed by atoms with Crippen LogP contribution in [0.4, 0.5) is 4.79 Å². The van der Waals surface area contributed by atoms with E-state index in [-0.39, 0.29) is 11.8 Å². The number of hydrogen-bond donors (Lipinski definition) is 2. The van der Waals surface area contributed by atoms with E-state index in [4.69, 9.17) is 16.3 Å². The molecule has 1 saturated heterocycles. The van der Waals surface area contributed by atoms with Crippen LogP contribution in [0.25, 0.3) is 6.08 Å². The van der Waals surface area contributed by atoms with Crippen LogP contribution < -0.4 is 15.4 Å². The lowest BCUT2D eigenvalue weighted by atomic mass is 10.2. The second kappa shape index (κ2) is 5.96. The molecule has 0 unspecified atom stereocenters. The number of halogens is 1. The van der Waals surface area contributed by atoms with Gasteiger partial charge in [-0.2, -0.15) is 0 Å². The fourth-order valence-electron chi connectivity index (χ4n) is 1.65. The topological polar surface area (TPSA) is 67.4 Å². The van der Waals surface area contributed by atoms with E-state index in [1.807, 2.05) is 13.8 Å². The minimum absolute atomic E-state index is 0.0802. The Labute approximate surface area is 121 Å². The third-order valence-electron chi connectivity index (χ3n) is 2.89. The number of amides is 3. The molecule has 1 aromatic rings. The first-order valence-electron chi connectivity index (χ1n) is 6.30. The summed E-state index contributed by atoms with van der Waals surface area (Å²) in [4.78, 5) is 22.4. The van der Waals surface area contributed by atoms with Crippen molar-refractivity contribution in [1.82, 2.24) is 10.6 Å². The summed E-state index contributed by atoms with van der Waals surface area (Å²) in [5.74, 6) is 0.147. The average Bonchev–Trinajstić information content (AvgIpc) is 2.71. The van der Waals surface area contributed by atoms with Gasteiger partial charge in [0, 0.05) is 0 Å². The number of ether oxygens (including phenoxy) is 1. The minimum Gasteiger partial charge on any atom is -0.489 e. The Hall–Kier alpha value is -2.01. The maximum atomic E-state index is 11.4. The van der Waals surface area contributed by atoms with Gasteiger partial charge in [-0.25, -0.2) is 4.79 Å². The first-order valence-corrected chi connectivity index (χ1v) is 6.67. The van der Waals surface area contributed by atoms with E-state index in [1.165, 1.54) is 0 Å². The van der Waals surface area contributed by atoms with Gasteiger partial charge in [0.15, 0.2) is 0 Å². The molecule has 1 aliphatic rings. The number of nitrogens with one attached hydrogen (secondary N) is 2. The number of carbonyl (C=O) groups excluding carboxylic acids is 2. The number of rotatable bonds is 4. The zero-order valence-electron chi connectivity index (χ0n) is 11.2. The molecular formula is C14H15ClN2O3. The van der Waals surface area contributed by atoms with Crippen LogP contribution in [-0.4, -0.2) is 18.0 Å². The highest BCUT2D eigenvalue weighted by atomic mass is 35.5. The zero-order valence-corrected chi connectivity index (χ0v) is 12.0. The Morgan fingerprint density at radius 1 is 1.35 bits per heavy atom. The van der Waals surface area contributed by atoms with Crippen molar-refractivity contribution in [3.8, 4) is 5.75 Å². The van der Waals surface area contributed by atoms with Crippen LogP contribution in [0, 0.1) is 0 Å². The van der Waals surface area contributed by atoms with Gasteiger partial charge in [-0.15, -0.1) is 0 Å². The van der Waals surface area contributed by atoms with Gasteiger partial charge in [0.25, 0.3) is 5.91 Å². The van der Waals surface area contributed by atoms with E-state index in [9.17, 15) is 9.59 Å². The lowest BCUT2D eigenvalue weighted by molar-refractivity contribution is -0.115. The maximum Gasteiger partial charge on any atom is 0.326 e. The summed E-state index contributed by atoms with van der Waals surface area (Å²) in [6, 6.07) is 4.68.